The SMILES string of the molecule is c1ncc(CC23CC4CC(CC(C4)C2)C3)cc1CC12CC3CC(CC(C3)C1)C2. The molecule has 8 fully saturated rings. The lowest BCUT2D eigenvalue weighted by molar-refractivity contribution is -0.0529. The smallest absolute Gasteiger partial charge is 0.0300 e. The fourth-order valence-electron chi connectivity index (χ4n) is 10.6. The third-order valence-corrected chi connectivity index (χ3v) is 10.3. The largest absolute Gasteiger partial charge is 0.264 e. The van der Waals surface area contributed by atoms with E-state index in [4.69, 9.17) is 4.98 Å². The van der Waals surface area contributed by atoms with Gasteiger partial charge >= 0.3 is 0 Å². The summed E-state index contributed by atoms with van der Waals surface area (Å²) in [5, 5.41) is 0. The van der Waals surface area contributed by atoms with Gasteiger partial charge in [-0.3, -0.25) is 4.98 Å². The van der Waals surface area contributed by atoms with E-state index in [0.717, 1.165) is 35.5 Å². The van der Waals surface area contributed by atoms with Crippen LogP contribution in [0.3, 0.4) is 0 Å². The van der Waals surface area contributed by atoms with Gasteiger partial charge in [-0.25, -0.2) is 0 Å². The van der Waals surface area contributed by atoms with Crippen LogP contribution in [0, 0.1) is 46.3 Å². The van der Waals surface area contributed by atoms with Crippen molar-refractivity contribution in [2.45, 2.75) is 89.9 Å². The first-order valence-corrected chi connectivity index (χ1v) is 12.6. The number of hydrogen-bond acceptors (Lipinski definition) is 1. The van der Waals surface area contributed by atoms with E-state index in [1.54, 1.807) is 49.7 Å². The van der Waals surface area contributed by atoms with Gasteiger partial charge in [-0.05, 0) is 147 Å². The summed E-state index contributed by atoms with van der Waals surface area (Å²) in [5.74, 6) is 6.39. The highest BCUT2D eigenvalue weighted by atomic mass is 14.6. The van der Waals surface area contributed by atoms with E-state index in [9.17, 15) is 0 Å². The maximum Gasteiger partial charge on any atom is 0.0300 e. The zero-order valence-corrected chi connectivity index (χ0v) is 17.5. The van der Waals surface area contributed by atoms with Crippen molar-refractivity contribution in [1.82, 2.24) is 4.98 Å². The molecule has 8 saturated carbocycles. The number of nitrogens with zero attached hydrogens (tertiary/aromatic N) is 1. The average molecular weight is 376 g/mol. The van der Waals surface area contributed by atoms with E-state index in [1.807, 2.05) is 0 Å². The predicted molar refractivity (Wildman–Crippen MR) is 113 cm³/mol. The molecule has 0 amide bonds. The van der Waals surface area contributed by atoms with Crippen LogP contribution in [0.4, 0.5) is 0 Å². The molecule has 1 aromatic rings. The molecule has 1 nitrogen and oxygen atoms in total. The molecule has 0 atom stereocenters. The number of aromatic nitrogens is 1. The Labute approximate surface area is 171 Å². The molecule has 8 bridgehead atoms. The fraction of sp³-hybridized carbons (Fsp3) is 0.815. The molecule has 1 heteroatoms. The van der Waals surface area contributed by atoms with Crippen LogP contribution < -0.4 is 0 Å². The zero-order chi connectivity index (χ0) is 18.3. The molecule has 0 N–H and O–H groups in total. The van der Waals surface area contributed by atoms with Gasteiger partial charge in [0.2, 0.25) is 0 Å². The Kier molecular flexibility index (Phi) is 3.53. The highest BCUT2D eigenvalue weighted by molar-refractivity contribution is 5.23. The van der Waals surface area contributed by atoms with Crippen LogP contribution in [0.2, 0.25) is 0 Å². The Morgan fingerprint density at radius 1 is 0.571 bits per heavy atom. The maximum atomic E-state index is 4.78. The second-order valence-electron chi connectivity index (χ2n) is 12.9. The molecule has 150 valence electrons. The Morgan fingerprint density at radius 2 is 0.893 bits per heavy atom. The van der Waals surface area contributed by atoms with E-state index >= 15 is 0 Å². The Morgan fingerprint density at radius 3 is 1.21 bits per heavy atom. The van der Waals surface area contributed by atoms with Crippen LogP contribution in [0.15, 0.2) is 18.5 Å². The normalized spacial score (nSPS) is 50.4. The van der Waals surface area contributed by atoms with Crippen molar-refractivity contribution in [3.8, 4) is 0 Å². The molecule has 0 spiro atoms. The highest BCUT2D eigenvalue weighted by Gasteiger charge is 2.52. The molecule has 1 aromatic heterocycles. The Balaban J connectivity index is 1.12. The third kappa shape index (κ3) is 2.74. The van der Waals surface area contributed by atoms with E-state index in [-0.39, 0.29) is 0 Å². The summed E-state index contributed by atoms with van der Waals surface area (Å²) in [6, 6.07) is 2.60. The van der Waals surface area contributed by atoms with E-state index in [0.29, 0.717) is 10.8 Å². The average Bonchev–Trinajstić information content (AvgIpc) is 2.58. The van der Waals surface area contributed by atoms with E-state index < -0.39 is 0 Å². The number of rotatable bonds is 4. The van der Waals surface area contributed by atoms with Gasteiger partial charge in [-0.1, -0.05) is 6.07 Å². The summed E-state index contributed by atoms with van der Waals surface area (Å²) in [7, 11) is 0. The molecule has 8 aliphatic carbocycles. The summed E-state index contributed by atoms with van der Waals surface area (Å²) >= 11 is 0. The number of pyridine rings is 1. The minimum absolute atomic E-state index is 0.649. The summed E-state index contributed by atoms with van der Waals surface area (Å²) in [5.41, 5.74) is 4.44. The fourth-order valence-corrected chi connectivity index (χ4v) is 10.6. The van der Waals surface area contributed by atoms with Crippen molar-refractivity contribution in [2.75, 3.05) is 0 Å². The van der Waals surface area contributed by atoms with E-state index in [1.165, 1.54) is 51.4 Å². The van der Waals surface area contributed by atoms with Crippen molar-refractivity contribution >= 4 is 0 Å². The van der Waals surface area contributed by atoms with Crippen LogP contribution in [-0.2, 0) is 12.8 Å². The summed E-state index contributed by atoms with van der Waals surface area (Å²) in [6.45, 7) is 0. The first kappa shape index (κ1) is 16.9. The van der Waals surface area contributed by atoms with Crippen LogP contribution in [0.5, 0.6) is 0 Å². The molecule has 0 saturated heterocycles. The number of hydrogen-bond donors (Lipinski definition) is 0. The lowest BCUT2D eigenvalue weighted by atomic mass is 9.48. The van der Waals surface area contributed by atoms with Gasteiger partial charge in [0.05, 0.1) is 0 Å². The van der Waals surface area contributed by atoms with Crippen molar-refractivity contribution in [3.63, 3.8) is 0 Å². The van der Waals surface area contributed by atoms with Crippen LogP contribution in [0.1, 0.15) is 88.2 Å². The van der Waals surface area contributed by atoms with Crippen molar-refractivity contribution in [1.29, 1.82) is 0 Å². The lowest BCUT2D eigenvalue weighted by Crippen LogP contribution is -2.47. The van der Waals surface area contributed by atoms with Gasteiger partial charge in [-0.15, -0.1) is 0 Å². The van der Waals surface area contributed by atoms with Crippen LogP contribution in [-0.4, -0.2) is 4.98 Å². The van der Waals surface area contributed by atoms with Crippen molar-refractivity contribution in [3.05, 3.63) is 29.6 Å². The minimum Gasteiger partial charge on any atom is -0.264 e. The monoisotopic (exact) mass is 375 g/mol. The summed E-state index contributed by atoms with van der Waals surface area (Å²) in [4.78, 5) is 4.78. The van der Waals surface area contributed by atoms with Crippen molar-refractivity contribution < 1.29 is 0 Å². The predicted octanol–water partition coefficient (Wildman–Crippen LogP) is 6.60. The first-order chi connectivity index (χ1) is 13.6. The van der Waals surface area contributed by atoms with E-state index in [2.05, 4.69) is 18.5 Å². The van der Waals surface area contributed by atoms with Gasteiger partial charge < -0.3 is 0 Å². The third-order valence-electron chi connectivity index (χ3n) is 10.3. The molecular weight excluding hydrogens is 338 g/mol. The Bertz CT molecular complexity index is 644. The molecule has 1 heterocycles. The zero-order valence-electron chi connectivity index (χ0n) is 17.5. The first-order valence-electron chi connectivity index (χ1n) is 12.6. The van der Waals surface area contributed by atoms with Crippen LogP contribution in [0.25, 0.3) is 0 Å². The quantitative estimate of drug-likeness (QED) is 0.578. The molecule has 9 rings (SSSR count). The lowest BCUT2D eigenvalue weighted by Gasteiger charge is -2.57. The topological polar surface area (TPSA) is 12.9 Å². The Hall–Kier alpha value is -0.850. The molecule has 0 aliphatic heterocycles. The summed E-state index contributed by atoms with van der Waals surface area (Å²) in [6.07, 6.45) is 25.6. The van der Waals surface area contributed by atoms with Crippen LogP contribution >= 0.6 is 0 Å². The molecule has 0 aromatic carbocycles. The second-order valence-corrected chi connectivity index (χ2v) is 12.9. The van der Waals surface area contributed by atoms with Gasteiger partial charge in [0, 0.05) is 12.4 Å². The van der Waals surface area contributed by atoms with Crippen molar-refractivity contribution in [2.24, 2.45) is 46.3 Å². The highest BCUT2D eigenvalue weighted by Crippen LogP contribution is 2.62. The van der Waals surface area contributed by atoms with Gasteiger partial charge in [0.25, 0.3) is 0 Å². The molecule has 8 aliphatic rings. The van der Waals surface area contributed by atoms with Gasteiger partial charge in [-0.2, -0.15) is 0 Å². The summed E-state index contributed by atoms with van der Waals surface area (Å²) < 4.78 is 0. The molecule has 0 radical (unpaired) electrons. The van der Waals surface area contributed by atoms with Gasteiger partial charge in [0.15, 0.2) is 0 Å². The standard InChI is InChI=1S/C27H37N/c1-18-2-20-3-19(1)9-26(8-18,10-20)14-24-7-25(17-28-16-24)15-27-11-21-4-22(12-27)6-23(5-21)13-27/h7,16-23H,1-6,8-15H2. The second kappa shape index (κ2) is 5.86. The van der Waals surface area contributed by atoms with Gasteiger partial charge in [0.1, 0.15) is 0 Å². The maximum absolute atomic E-state index is 4.78. The molecule has 0 unspecified atom stereocenters. The molecular formula is C27H37N. The molecule has 28 heavy (non-hydrogen) atoms. The minimum atomic E-state index is 0.649.